The van der Waals surface area contributed by atoms with E-state index < -0.39 is 42.1 Å². The lowest BCUT2D eigenvalue weighted by molar-refractivity contribution is -0.143. The van der Waals surface area contributed by atoms with Gasteiger partial charge >= 0.3 is 12.1 Å². The number of nitrogens with zero attached hydrogens (tertiary/aromatic N) is 1. The van der Waals surface area contributed by atoms with E-state index in [0.717, 1.165) is 4.90 Å². The molecule has 9 nitrogen and oxygen atoms in total. The van der Waals surface area contributed by atoms with Crippen LogP contribution in [-0.2, 0) is 19.1 Å². The van der Waals surface area contributed by atoms with Crippen molar-refractivity contribution in [2.24, 2.45) is 0 Å². The third kappa shape index (κ3) is 8.77. The summed E-state index contributed by atoms with van der Waals surface area (Å²) in [4.78, 5) is 46.2. The number of rotatable bonds is 6. The zero-order chi connectivity index (χ0) is 17.5. The Kier molecular flexibility index (Phi) is 7.34. The number of amides is 3. The lowest BCUT2D eigenvalue weighted by Gasteiger charge is -2.22. The molecule has 126 valence electrons. The number of hydrogen-bond donors (Lipinski definition) is 3. The van der Waals surface area contributed by atoms with E-state index in [1.807, 2.05) is 0 Å². The van der Waals surface area contributed by atoms with Crippen LogP contribution in [0.5, 0.6) is 0 Å². The summed E-state index contributed by atoms with van der Waals surface area (Å²) >= 11 is 0. The number of alkyl carbamates (subject to hydrolysis) is 1. The first kappa shape index (κ1) is 19.7. The smallest absolute Gasteiger partial charge is 0.408 e. The highest BCUT2D eigenvalue weighted by Gasteiger charge is 2.21. The van der Waals surface area contributed by atoms with E-state index in [9.17, 15) is 19.2 Å². The first-order chi connectivity index (χ1) is 9.92. The van der Waals surface area contributed by atoms with Gasteiger partial charge in [0.15, 0.2) is 0 Å². The summed E-state index contributed by atoms with van der Waals surface area (Å²) in [6.45, 7) is 5.69. The number of likely N-dealkylation sites (N-methyl/N-ethyl adjacent to an activating group) is 1. The van der Waals surface area contributed by atoms with E-state index in [-0.39, 0.29) is 6.54 Å². The van der Waals surface area contributed by atoms with Crippen LogP contribution in [0.25, 0.3) is 0 Å². The number of nitrogens with one attached hydrogen (secondary N) is 2. The zero-order valence-corrected chi connectivity index (χ0v) is 13.4. The second kappa shape index (κ2) is 8.20. The van der Waals surface area contributed by atoms with Crippen LogP contribution < -0.4 is 10.6 Å². The monoisotopic (exact) mass is 317 g/mol. The maximum Gasteiger partial charge on any atom is 0.408 e. The lowest BCUT2D eigenvalue weighted by Crippen LogP contribution is -2.49. The summed E-state index contributed by atoms with van der Waals surface area (Å²) in [6, 6.07) is -0.896. The fourth-order valence-corrected chi connectivity index (χ4v) is 1.29. The van der Waals surface area contributed by atoms with Crippen LogP contribution >= 0.6 is 0 Å². The molecule has 0 fully saturated rings. The number of carbonyl (C=O) groups excluding carboxylic acids is 3. The fourth-order valence-electron chi connectivity index (χ4n) is 1.29. The van der Waals surface area contributed by atoms with Crippen molar-refractivity contribution in [2.75, 3.05) is 20.1 Å². The summed E-state index contributed by atoms with van der Waals surface area (Å²) in [7, 11) is 1.31. The second-order valence-corrected chi connectivity index (χ2v) is 5.73. The number of carbonyl (C=O) groups is 4. The van der Waals surface area contributed by atoms with Crippen molar-refractivity contribution in [3.63, 3.8) is 0 Å². The normalized spacial score (nSPS) is 12.0. The highest BCUT2D eigenvalue weighted by Crippen LogP contribution is 2.06. The average molecular weight is 317 g/mol. The molecule has 0 aliphatic rings. The topological polar surface area (TPSA) is 125 Å². The Labute approximate surface area is 129 Å². The summed E-state index contributed by atoms with van der Waals surface area (Å²) in [5.74, 6) is -2.29. The van der Waals surface area contributed by atoms with Gasteiger partial charge in [0, 0.05) is 7.05 Å². The van der Waals surface area contributed by atoms with Crippen LogP contribution in [0.1, 0.15) is 27.7 Å². The molecule has 0 aromatic carbocycles. The molecular weight excluding hydrogens is 294 g/mol. The molecule has 0 unspecified atom stereocenters. The quantitative estimate of drug-likeness (QED) is 0.610. The Bertz CT molecular complexity index is 444. The summed E-state index contributed by atoms with van der Waals surface area (Å²) in [6.07, 6.45) is -0.746. The highest BCUT2D eigenvalue weighted by atomic mass is 16.6. The summed E-state index contributed by atoms with van der Waals surface area (Å²) < 4.78 is 5.00. The van der Waals surface area contributed by atoms with Gasteiger partial charge in [-0.1, -0.05) is 0 Å². The van der Waals surface area contributed by atoms with E-state index in [1.165, 1.54) is 14.0 Å². The third-order valence-electron chi connectivity index (χ3n) is 2.34. The number of ether oxygens (including phenoxy) is 1. The van der Waals surface area contributed by atoms with Crippen molar-refractivity contribution in [3.8, 4) is 0 Å². The van der Waals surface area contributed by atoms with E-state index in [2.05, 4.69) is 10.6 Å². The molecule has 1 atom stereocenters. The van der Waals surface area contributed by atoms with Gasteiger partial charge in [0.05, 0.1) is 6.54 Å². The van der Waals surface area contributed by atoms with Crippen molar-refractivity contribution in [1.82, 2.24) is 15.5 Å². The fraction of sp³-hybridized carbons (Fsp3) is 0.692. The Morgan fingerprint density at radius 1 is 1.23 bits per heavy atom. The van der Waals surface area contributed by atoms with Crippen LogP contribution in [0, 0.1) is 0 Å². The summed E-state index contributed by atoms with van der Waals surface area (Å²) in [5.41, 5.74) is -0.685. The number of carboxylic acids is 1. The van der Waals surface area contributed by atoms with Crippen molar-refractivity contribution in [3.05, 3.63) is 0 Å². The van der Waals surface area contributed by atoms with E-state index in [1.54, 1.807) is 20.8 Å². The number of aliphatic carboxylic acids is 1. The van der Waals surface area contributed by atoms with Crippen LogP contribution in [0.4, 0.5) is 4.79 Å². The van der Waals surface area contributed by atoms with Crippen LogP contribution in [0.2, 0.25) is 0 Å². The molecule has 0 heterocycles. The molecule has 0 spiro atoms. The number of hydrogen-bond acceptors (Lipinski definition) is 5. The first-order valence-electron chi connectivity index (χ1n) is 6.65. The SMILES string of the molecule is C[C@H](NC(=O)OC(C)(C)C)C(=O)NCC(=O)N(C)CC(=O)O. The largest absolute Gasteiger partial charge is 0.480 e. The van der Waals surface area contributed by atoms with Crippen LogP contribution in [0.15, 0.2) is 0 Å². The van der Waals surface area contributed by atoms with Gasteiger partial charge in [-0.05, 0) is 27.7 Å². The van der Waals surface area contributed by atoms with E-state index >= 15 is 0 Å². The van der Waals surface area contributed by atoms with Gasteiger partial charge in [0.25, 0.3) is 0 Å². The molecule has 22 heavy (non-hydrogen) atoms. The van der Waals surface area contributed by atoms with Crippen molar-refractivity contribution in [1.29, 1.82) is 0 Å². The van der Waals surface area contributed by atoms with Crippen LogP contribution in [-0.4, -0.2) is 65.7 Å². The minimum absolute atomic E-state index is 0.358. The molecule has 0 bridgehead atoms. The van der Waals surface area contributed by atoms with Crippen molar-refractivity contribution < 1.29 is 29.0 Å². The Balaban J connectivity index is 4.23. The zero-order valence-electron chi connectivity index (χ0n) is 13.4. The van der Waals surface area contributed by atoms with Gasteiger partial charge in [-0.3, -0.25) is 14.4 Å². The molecule has 0 saturated heterocycles. The molecule has 0 rings (SSSR count). The minimum atomic E-state index is -1.15. The second-order valence-electron chi connectivity index (χ2n) is 5.73. The van der Waals surface area contributed by atoms with Crippen LogP contribution in [0.3, 0.4) is 0 Å². The molecule has 0 saturated carbocycles. The standard InChI is InChI=1S/C13H23N3O6/c1-8(15-12(21)22-13(2,3)4)11(20)14-6-9(17)16(5)7-10(18)19/h8H,6-7H2,1-5H3,(H,14,20)(H,15,21)(H,18,19)/t8-/m0/s1. The first-order valence-corrected chi connectivity index (χ1v) is 6.65. The maximum atomic E-state index is 11.7. The van der Waals surface area contributed by atoms with Crippen molar-refractivity contribution >= 4 is 23.9 Å². The molecule has 3 N–H and O–H groups in total. The molecule has 3 amide bonds. The predicted molar refractivity (Wildman–Crippen MR) is 77.1 cm³/mol. The Hall–Kier alpha value is -2.32. The average Bonchev–Trinajstić information content (AvgIpc) is 2.31. The third-order valence-corrected chi connectivity index (χ3v) is 2.34. The van der Waals surface area contributed by atoms with Crippen molar-refractivity contribution in [2.45, 2.75) is 39.3 Å². The van der Waals surface area contributed by atoms with Gasteiger partial charge in [-0.2, -0.15) is 0 Å². The number of carboxylic acid groups (broad SMARTS) is 1. The predicted octanol–water partition coefficient (Wildman–Crippen LogP) is -0.441. The molecule has 0 aliphatic heterocycles. The molecule has 0 radical (unpaired) electrons. The van der Waals surface area contributed by atoms with Gasteiger partial charge in [0.1, 0.15) is 18.2 Å². The molecule has 0 aromatic heterocycles. The molecule has 9 heteroatoms. The van der Waals surface area contributed by atoms with Gasteiger partial charge < -0.3 is 25.4 Å². The minimum Gasteiger partial charge on any atom is -0.480 e. The van der Waals surface area contributed by atoms with Gasteiger partial charge in [0.2, 0.25) is 11.8 Å². The molecule has 0 aliphatic carbocycles. The molecule has 0 aromatic rings. The maximum absolute atomic E-state index is 11.7. The Morgan fingerprint density at radius 3 is 2.23 bits per heavy atom. The highest BCUT2D eigenvalue weighted by molar-refractivity contribution is 5.90. The van der Waals surface area contributed by atoms with E-state index in [4.69, 9.17) is 9.84 Å². The van der Waals surface area contributed by atoms with Gasteiger partial charge in [-0.25, -0.2) is 4.79 Å². The van der Waals surface area contributed by atoms with E-state index in [0.29, 0.717) is 0 Å². The summed E-state index contributed by atoms with van der Waals surface area (Å²) in [5, 5.41) is 13.2. The van der Waals surface area contributed by atoms with Gasteiger partial charge in [-0.15, -0.1) is 0 Å². The molecular formula is C13H23N3O6. The lowest BCUT2D eigenvalue weighted by atomic mass is 10.2. The Morgan fingerprint density at radius 2 is 1.77 bits per heavy atom.